The molecule has 12 aromatic rings. The molecule has 0 radical (unpaired) electrons. The van der Waals surface area contributed by atoms with Crippen LogP contribution in [0.15, 0.2) is 194 Å². The fourth-order valence-electron chi connectivity index (χ4n) is 11.1. The van der Waals surface area contributed by atoms with Gasteiger partial charge in [-0.25, -0.2) is 0 Å². The number of aromatic nitrogens is 3. The van der Waals surface area contributed by atoms with Crippen molar-refractivity contribution in [3.05, 3.63) is 233 Å². The Morgan fingerprint density at radius 3 is 0.986 bits per heavy atom. The summed E-state index contributed by atoms with van der Waals surface area (Å²) in [5.41, 5.74) is 24.6. The van der Waals surface area contributed by atoms with E-state index in [-0.39, 0.29) is 0 Å². The third kappa shape index (κ3) is 7.01. The van der Waals surface area contributed by atoms with Crippen molar-refractivity contribution in [1.82, 2.24) is 14.1 Å². The van der Waals surface area contributed by atoms with E-state index >= 15 is 0 Å². The minimum absolute atomic E-state index is 0.572. The molecule has 0 atom stereocenters. The van der Waals surface area contributed by atoms with Crippen molar-refractivity contribution < 1.29 is 0 Å². The van der Waals surface area contributed by atoms with Crippen LogP contribution < -0.4 is 0 Å². The summed E-state index contributed by atoms with van der Waals surface area (Å²) in [6.07, 6.45) is 0. The maximum absolute atomic E-state index is 11.7. The van der Waals surface area contributed by atoms with Gasteiger partial charge in [0.1, 0.15) is 6.07 Å². The molecular weight excluding hydrogens is 849 g/mol. The number of nitrogens with zero attached hydrogens (tertiary/aromatic N) is 4. The maximum atomic E-state index is 11.7. The van der Waals surface area contributed by atoms with Crippen molar-refractivity contribution in [2.75, 3.05) is 0 Å². The molecule has 0 amide bonds. The van der Waals surface area contributed by atoms with Crippen molar-refractivity contribution in [3.63, 3.8) is 0 Å². The Morgan fingerprint density at radius 2 is 0.657 bits per heavy atom. The summed E-state index contributed by atoms with van der Waals surface area (Å²) >= 11 is 0. The number of pyridine rings is 1. The molecule has 334 valence electrons. The number of benzene rings is 9. The molecule has 0 fully saturated rings. The number of fused-ring (bicyclic) bond motifs is 6. The fraction of sp³-hybridized carbons (Fsp3) is 0.0909. The molecule has 0 spiro atoms. The molecule has 0 unspecified atom stereocenters. The molecule has 0 saturated heterocycles. The van der Waals surface area contributed by atoms with Gasteiger partial charge in [0.2, 0.25) is 0 Å². The third-order valence-corrected chi connectivity index (χ3v) is 14.5. The van der Waals surface area contributed by atoms with Gasteiger partial charge in [0.05, 0.1) is 39.0 Å². The molecule has 12 rings (SSSR count). The van der Waals surface area contributed by atoms with E-state index in [4.69, 9.17) is 4.98 Å². The van der Waals surface area contributed by atoms with E-state index in [0.717, 1.165) is 99.8 Å². The first-order valence-corrected chi connectivity index (χ1v) is 24.1. The highest BCUT2D eigenvalue weighted by Crippen LogP contribution is 2.44. The fourth-order valence-corrected chi connectivity index (χ4v) is 11.1. The first kappa shape index (κ1) is 42.6. The standard InChI is InChI=1S/C66H50N4/c1-40-15-7-11-19-52(40)46-23-27-56-57-28-24-47(53-20-12-8-16-41(53)2)34-63(57)69(62(56)33-46)61-38-60(50-31-44(5)68-45(6)32-50)66(37-51(61)39-67)70-64-35-48(54-21-13-9-17-42(54)3)25-29-58(64)59-30-26-49(36-65(59)70)55-22-14-10-18-43(55)4/h7-38H,1-6H3. The normalized spacial score (nSPS) is 11.6. The van der Waals surface area contributed by atoms with Crippen LogP contribution in [0, 0.1) is 52.9 Å². The van der Waals surface area contributed by atoms with Gasteiger partial charge in [0, 0.05) is 38.5 Å². The van der Waals surface area contributed by atoms with Gasteiger partial charge in [-0.05, 0) is 162 Å². The number of nitriles is 1. The lowest BCUT2D eigenvalue weighted by Gasteiger charge is -2.20. The van der Waals surface area contributed by atoms with Gasteiger partial charge < -0.3 is 9.13 Å². The largest absolute Gasteiger partial charge is 0.309 e. The Hall–Kier alpha value is -8.78. The van der Waals surface area contributed by atoms with E-state index in [2.05, 4.69) is 251 Å². The third-order valence-electron chi connectivity index (χ3n) is 14.5. The predicted octanol–water partition coefficient (Wildman–Crippen LogP) is 17.3. The van der Waals surface area contributed by atoms with Crippen LogP contribution in [0.1, 0.15) is 39.2 Å². The number of hydrogen-bond donors (Lipinski definition) is 0. The van der Waals surface area contributed by atoms with Gasteiger partial charge in [-0.3, -0.25) is 4.98 Å². The van der Waals surface area contributed by atoms with Crippen LogP contribution >= 0.6 is 0 Å². The highest BCUT2D eigenvalue weighted by molar-refractivity contribution is 6.13. The average Bonchev–Trinajstić information content (AvgIpc) is 3.87. The molecule has 3 heterocycles. The van der Waals surface area contributed by atoms with Crippen molar-refractivity contribution >= 4 is 43.6 Å². The van der Waals surface area contributed by atoms with E-state index in [1.165, 1.54) is 44.5 Å². The van der Waals surface area contributed by atoms with E-state index < -0.39 is 0 Å². The molecule has 0 aliphatic rings. The van der Waals surface area contributed by atoms with Crippen molar-refractivity contribution in [3.8, 4) is 73.1 Å². The molecule has 0 aliphatic carbocycles. The SMILES string of the molecule is Cc1cc(-c2cc(-n3c4cc(-c5ccccc5C)ccc4c4ccc(-c5ccccc5C)cc43)c(C#N)cc2-n2c3cc(-c4ccccc4C)ccc3c3ccc(-c4ccccc4C)cc32)cc(C)n1. The molecule has 4 nitrogen and oxygen atoms in total. The van der Waals surface area contributed by atoms with Gasteiger partial charge in [-0.1, -0.05) is 146 Å². The van der Waals surface area contributed by atoms with Gasteiger partial charge >= 0.3 is 0 Å². The molecule has 0 bridgehead atoms. The zero-order chi connectivity index (χ0) is 47.8. The number of rotatable bonds is 7. The minimum atomic E-state index is 0.572. The zero-order valence-corrected chi connectivity index (χ0v) is 40.3. The number of hydrogen-bond acceptors (Lipinski definition) is 2. The van der Waals surface area contributed by atoms with Crippen LogP contribution in [0.3, 0.4) is 0 Å². The summed E-state index contributed by atoms with van der Waals surface area (Å²) in [4.78, 5) is 4.87. The van der Waals surface area contributed by atoms with E-state index in [1.807, 2.05) is 0 Å². The van der Waals surface area contributed by atoms with Crippen molar-refractivity contribution in [1.29, 1.82) is 5.26 Å². The molecular formula is C66H50N4. The molecule has 3 aromatic heterocycles. The Balaban J connectivity index is 1.22. The summed E-state index contributed by atoms with van der Waals surface area (Å²) in [5.74, 6) is 0. The molecule has 0 saturated carbocycles. The van der Waals surface area contributed by atoms with Crippen LogP contribution in [0.5, 0.6) is 0 Å². The van der Waals surface area contributed by atoms with Crippen molar-refractivity contribution in [2.45, 2.75) is 41.5 Å². The molecule has 4 heteroatoms. The Labute approximate surface area is 409 Å². The van der Waals surface area contributed by atoms with Crippen LogP contribution in [0.25, 0.3) is 111 Å². The second-order valence-corrected chi connectivity index (χ2v) is 19.0. The van der Waals surface area contributed by atoms with Gasteiger partial charge in [0.15, 0.2) is 0 Å². The summed E-state index contributed by atoms with van der Waals surface area (Å²) in [6, 6.07) is 73.2. The highest BCUT2D eigenvalue weighted by atomic mass is 15.0. The summed E-state index contributed by atoms with van der Waals surface area (Å²) < 4.78 is 4.76. The van der Waals surface area contributed by atoms with E-state index in [0.29, 0.717) is 5.56 Å². The summed E-state index contributed by atoms with van der Waals surface area (Å²) in [7, 11) is 0. The summed E-state index contributed by atoms with van der Waals surface area (Å²) in [5, 5.41) is 16.2. The van der Waals surface area contributed by atoms with Crippen LogP contribution in [-0.4, -0.2) is 14.1 Å². The minimum Gasteiger partial charge on any atom is -0.309 e. The first-order valence-electron chi connectivity index (χ1n) is 24.1. The Kier molecular flexibility index (Phi) is 10.2. The van der Waals surface area contributed by atoms with Crippen LogP contribution in [0.2, 0.25) is 0 Å². The van der Waals surface area contributed by atoms with Crippen LogP contribution in [-0.2, 0) is 0 Å². The van der Waals surface area contributed by atoms with Crippen molar-refractivity contribution in [2.24, 2.45) is 0 Å². The Morgan fingerprint density at radius 1 is 0.329 bits per heavy atom. The topological polar surface area (TPSA) is 46.5 Å². The van der Waals surface area contributed by atoms with Gasteiger partial charge in [-0.15, -0.1) is 0 Å². The highest BCUT2D eigenvalue weighted by Gasteiger charge is 2.24. The van der Waals surface area contributed by atoms with Gasteiger partial charge in [-0.2, -0.15) is 5.26 Å². The number of aryl methyl sites for hydroxylation is 6. The summed E-state index contributed by atoms with van der Waals surface area (Å²) in [6.45, 7) is 12.8. The maximum Gasteiger partial charge on any atom is 0.101 e. The predicted molar refractivity (Wildman–Crippen MR) is 293 cm³/mol. The first-order chi connectivity index (χ1) is 34.1. The zero-order valence-electron chi connectivity index (χ0n) is 40.3. The lowest BCUT2D eigenvalue weighted by molar-refractivity contribution is 1.11. The smallest absolute Gasteiger partial charge is 0.101 e. The monoisotopic (exact) mass is 898 g/mol. The lowest BCUT2D eigenvalue weighted by atomic mass is 9.97. The van der Waals surface area contributed by atoms with E-state index in [9.17, 15) is 5.26 Å². The molecule has 9 aromatic carbocycles. The van der Waals surface area contributed by atoms with Crippen LogP contribution in [0.4, 0.5) is 0 Å². The molecule has 0 N–H and O–H groups in total. The quantitative estimate of drug-likeness (QED) is 0.160. The average molecular weight is 899 g/mol. The molecule has 0 aliphatic heterocycles. The lowest BCUT2D eigenvalue weighted by Crippen LogP contribution is -2.05. The second-order valence-electron chi connectivity index (χ2n) is 19.0. The van der Waals surface area contributed by atoms with E-state index in [1.54, 1.807) is 0 Å². The second kappa shape index (κ2) is 16.8. The van der Waals surface area contributed by atoms with Gasteiger partial charge in [0.25, 0.3) is 0 Å². The Bertz CT molecular complexity index is 3930. The molecule has 70 heavy (non-hydrogen) atoms.